The average Bonchev–Trinajstić information content (AvgIpc) is 2.26. The summed E-state index contributed by atoms with van der Waals surface area (Å²) in [5.74, 6) is -1.42. The van der Waals surface area contributed by atoms with E-state index in [-0.39, 0.29) is 11.9 Å². The van der Waals surface area contributed by atoms with E-state index in [1.165, 1.54) is 7.11 Å². The van der Waals surface area contributed by atoms with Crippen LogP contribution >= 0.6 is 0 Å². The molecule has 1 heterocycles. The Labute approximate surface area is 70.8 Å². The Bertz CT molecular complexity index is 211. The van der Waals surface area contributed by atoms with E-state index in [0.717, 1.165) is 0 Å². The largest absolute Gasteiger partial charge is 0.468 e. The topological polar surface area (TPSA) is 52.6 Å². The van der Waals surface area contributed by atoms with Gasteiger partial charge in [0.1, 0.15) is 12.0 Å². The maximum absolute atomic E-state index is 11.3. The molecule has 68 valence electrons. The van der Waals surface area contributed by atoms with Gasteiger partial charge in [0, 0.05) is 0 Å². The summed E-state index contributed by atoms with van der Waals surface area (Å²) < 4.78 is 9.64. The fourth-order valence-electron chi connectivity index (χ4n) is 1.39. The summed E-state index contributed by atoms with van der Waals surface area (Å²) in [7, 11) is 1.27. The lowest BCUT2D eigenvalue weighted by atomic mass is 10.00. The highest BCUT2D eigenvalue weighted by Gasteiger charge is 2.43. The fourth-order valence-corrected chi connectivity index (χ4v) is 1.39. The molecule has 0 amide bonds. The van der Waals surface area contributed by atoms with E-state index in [0.29, 0.717) is 0 Å². The van der Waals surface area contributed by atoms with Gasteiger partial charge in [0.15, 0.2) is 5.78 Å². The minimum Gasteiger partial charge on any atom is -0.468 e. The van der Waals surface area contributed by atoms with Gasteiger partial charge in [0.2, 0.25) is 0 Å². The van der Waals surface area contributed by atoms with Crippen LogP contribution in [0.15, 0.2) is 0 Å². The number of hydrogen-bond acceptors (Lipinski definition) is 4. The predicted molar refractivity (Wildman–Crippen MR) is 40.5 cm³/mol. The Balaban J connectivity index is 2.76. The highest BCUT2D eigenvalue weighted by molar-refractivity contribution is 6.03. The third-order valence-corrected chi connectivity index (χ3v) is 2.05. The number of methoxy groups -OCH3 is 1. The number of esters is 1. The molecular formula is C8H12O4. The molecule has 3 unspecified atom stereocenters. The first-order valence-corrected chi connectivity index (χ1v) is 3.85. The van der Waals surface area contributed by atoms with Crippen LogP contribution in [0.5, 0.6) is 0 Å². The first kappa shape index (κ1) is 9.19. The third-order valence-electron chi connectivity index (χ3n) is 2.05. The molecule has 0 aromatic carbocycles. The van der Waals surface area contributed by atoms with Crippen molar-refractivity contribution < 1.29 is 19.1 Å². The zero-order valence-corrected chi connectivity index (χ0v) is 7.37. The van der Waals surface area contributed by atoms with Crippen molar-refractivity contribution in [3.05, 3.63) is 0 Å². The second kappa shape index (κ2) is 3.23. The number of ether oxygens (including phenoxy) is 2. The molecule has 0 N–H and O–H groups in total. The zero-order chi connectivity index (χ0) is 9.30. The molecule has 1 aliphatic heterocycles. The summed E-state index contributed by atoms with van der Waals surface area (Å²) in [5, 5.41) is 0. The highest BCUT2D eigenvalue weighted by atomic mass is 16.5. The lowest BCUT2D eigenvalue weighted by Crippen LogP contribution is -2.29. The Morgan fingerprint density at radius 3 is 2.42 bits per heavy atom. The molecule has 1 fully saturated rings. The summed E-state index contributed by atoms with van der Waals surface area (Å²) in [5.41, 5.74) is 0. The van der Waals surface area contributed by atoms with Crippen molar-refractivity contribution in [3.8, 4) is 0 Å². The number of Topliss-reactive ketones (excluding diaryl/α,β-unsaturated/α-hetero) is 1. The predicted octanol–water partition coefficient (Wildman–Crippen LogP) is 0.152. The molecule has 4 heteroatoms. The molecule has 0 radical (unpaired) electrons. The zero-order valence-electron chi connectivity index (χ0n) is 7.37. The maximum Gasteiger partial charge on any atom is 0.318 e. The molecule has 4 nitrogen and oxygen atoms in total. The number of ketones is 1. The van der Waals surface area contributed by atoms with E-state index in [4.69, 9.17) is 4.74 Å². The Kier molecular flexibility index (Phi) is 2.47. The lowest BCUT2D eigenvalue weighted by Gasteiger charge is -2.08. The molecule has 0 spiro atoms. The van der Waals surface area contributed by atoms with Crippen LogP contribution in [0.3, 0.4) is 0 Å². The van der Waals surface area contributed by atoms with Crippen molar-refractivity contribution in [2.45, 2.75) is 26.1 Å². The molecule has 12 heavy (non-hydrogen) atoms. The maximum atomic E-state index is 11.3. The van der Waals surface area contributed by atoms with Gasteiger partial charge in [0.25, 0.3) is 0 Å². The molecule has 1 saturated heterocycles. The first-order chi connectivity index (χ1) is 5.57. The van der Waals surface area contributed by atoms with Gasteiger partial charge in [-0.1, -0.05) is 0 Å². The lowest BCUT2D eigenvalue weighted by molar-refractivity contribution is -0.149. The van der Waals surface area contributed by atoms with Crippen molar-refractivity contribution in [2.24, 2.45) is 5.92 Å². The molecule has 0 aliphatic carbocycles. The van der Waals surface area contributed by atoms with Crippen LogP contribution in [0, 0.1) is 5.92 Å². The minimum absolute atomic E-state index is 0.186. The van der Waals surface area contributed by atoms with E-state index < -0.39 is 18.0 Å². The minimum atomic E-state index is -0.731. The molecule has 1 rings (SSSR count). The number of hydrogen-bond donors (Lipinski definition) is 0. The van der Waals surface area contributed by atoms with E-state index in [1.807, 2.05) is 0 Å². The summed E-state index contributed by atoms with van der Waals surface area (Å²) >= 11 is 0. The van der Waals surface area contributed by atoms with Crippen molar-refractivity contribution in [3.63, 3.8) is 0 Å². The van der Waals surface area contributed by atoms with Gasteiger partial charge >= 0.3 is 5.97 Å². The van der Waals surface area contributed by atoms with Gasteiger partial charge in [-0.3, -0.25) is 9.59 Å². The van der Waals surface area contributed by atoms with Crippen molar-refractivity contribution >= 4 is 11.8 Å². The highest BCUT2D eigenvalue weighted by Crippen LogP contribution is 2.23. The van der Waals surface area contributed by atoms with Crippen LogP contribution in [-0.2, 0) is 19.1 Å². The van der Waals surface area contributed by atoms with E-state index in [2.05, 4.69) is 4.74 Å². The van der Waals surface area contributed by atoms with Crippen LogP contribution in [0.1, 0.15) is 13.8 Å². The van der Waals surface area contributed by atoms with Gasteiger partial charge in [-0.2, -0.15) is 0 Å². The van der Waals surface area contributed by atoms with Crippen molar-refractivity contribution in [2.75, 3.05) is 7.11 Å². The SMILES string of the molecule is COC(=O)C1C(=O)C(C)OC1C. The summed E-state index contributed by atoms with van der Waals surface area (Å²) in [6, 6.07) is 0. The smallest absolute Gasteiger partial charge is 0.318 e. The second-order valence-electron chi connectivity index (χ2n) is 2.89. The molecule has 0 aromatic heterocycles. The van der Waals surface area contributed by atoms with Crippen LogP contribution in [0.4, 0.5) is 0 Å². The molecule has 1 aliphatic rings. The molecule has 0 bridgehead atoms. The number of rotatable bonds is 1. The van der Waals surface area contributed by atoms with Crippen molar-refractivity contribution in [1.82, 2.24) is 0 Å². The molecular weight excluding hydrogens is 160 g/mol. The van der Waals surface area contributed by atoms with Gasteiger partial charge in [0.05, 0.1) is 13.2 Å². The van der Waals surface area contributed by atoms with E-state index >= 15 is 0 Å². The Hall–Kier alpha value is -0.900. The van der Waals surface area contributed by atoms with Gasteiger partial charge < -0.3 is 9.47 Å². The van der Waals surface area contributed by atoms with Crippen LogP contribution in [0.2, 0.25) is 0 Å². The normalized spacial score (nSPS) is 35.2. The van der Waals surface area contributed by atoms with Gasteiger partial charge in [-0.25, -0.2) is 0 Å². The van der Waals surface area contributed by atoms with E-state index in [1.54, 1.807) is 13.8 Å². The van der Waals surface area contributed by atoms with Crippen molar-refractivity contribution in [1.29, 1.82) is 0 Å². The Morgan fingerprint density at radius 1 is 1.50 bits per heavy atom. The second-order valence-corrected chi connectivity index (χ2v) is 2.89. The number of carbonyl (C=O) groups excluding carboxylic acids is 2. The van der Waals surface area contributed by atoms with Gasteiger partial charge in [-0.15, -0.1) is 0 Å². The molecule has 0 saturated carbocycles. The quantitative estimate of drug-likeness (QED) is 0.417. The standard InChI is InChI=1S/C8H12O4/c1-4-6(8(10)11-3)7(9)5(2)12-4/h4-6H,1-3H3. The molecule has 0 aromatic rings. The van der Waals surface area contributed by atoms with E-state index in [9.17, 15) is 9.59 Å². The third kappa shape index (κ3) is 1.34. The fraction of sp³-hybridized carbons (Fsp3) is 0.750. The summed E-state index contributed by atoms with van der Waals surface area (Å²) in [6.45, 7) is 3.34. The summed E-state index contributed by atoms with van der Waals surface area (Å²) in [4.78, 5) is 22.3. The molecule has 3 atom stereocenters. The van der Waals surface area contributed by atoms with Crippen LogP contribution in [-0.4, -0.2) is 31.1 Å². The number of carbonyl (C=O) groups is 2. The van der Waals surface area contributed by atoms with Gasteiger partial charge in [-0.05, 0) is 13.8 Å². The van der Waals surface area contributed by atoms with Crippen LogP contribution in [0.25, 0.3) is 0 Å². The average molecular weight is 172 g/mol. The van der Waals surface area contributed by atoms with Crippen LogP contribution < -0.4 is 0 Å². The Morgan fingerprint density at radius 2 is 2.08 bits per heavy atom. The summed E-state index contributed by atoms with van der Waals surface area (Å²) in [6.07, 6.45) is -0.843. The monoisotopic (exact) mass is 172 g/mol. The first-order valence-electron chi connectivity index (χ1n) is 3.85.